The summed E-state index contributed by atoms with van der Waals surface area (Å²) in [6.07, 6.45) is 0. The van der Waals surface area contributed by atoms with E-state index in [0.717, 1.165) is 22.3 Å². The lowest BCUT2D eigenvalue weighted by Gasteiger charge is -2.07. The molecule has 0 aliphatic carbocycles. The van der Waals surface area contributed by atoms with Crippen LogP contribution in [0.15, 0.2) is 54.6 Å². The predicted molar refractivity (Wildman–Crippen MR) is 73.7 cm³/mol. The first kappa shape index (κ1) is 11.8. The Morgan fingerprint density at radius 1 is 1.05 bits per heavy atom. The molecule has 96 valence electrons. The quantitative estimate of drug-likeness (QED) is 0.692. The third kappa shape index (κ3) is 2.32. The largest absolute Gasteiger partial charge is 0.487 e. The van der Waals surface area contributed by atoms with Crippen molar-refractivity contribution in [3.8, 4) is 5.75 Å². The van der Waals surface area contributed by atoms with Crippen molar-refractivity contribution in [2.45, 2.75) is 6.61 Å². The number of fused-ring (bicyclic) bond motifs is 1. The van der Waals surface area contributed by atoms with Crippen LogP contribution in [-0.4, -0.2) is 4.57 Å². The molecule has 0 saturated carbocycles. The standard InChI is InChI=1S/C16H14FNO/c1-18-14(11-19-15-5-3-2-4-6-15)9-12-7-8-13(17)10-16(12)18/h2-10H,11H2,1H3. The highest BCUT2D eigenvalue weighted by atomic mass is 19.1. The van der Waals surface area contributed by atoms with Crippen LogP contribution in [0.5, 0.6) is 5.75 Å². The molecule has 2 aromatic carbocycles. The monoisotopic (exact) mass is 255 g/mol. The zero-order chi connectivity index (χ0) is 13.2. The molecule has 0 spiro atoms. The molecule has 19 heavy (non-hydrogen) atoms. The number of nitrogens with zero attached hydrogens (tertiary/aromatic N) is 1. The molecule has 3 rings (SSSR count). The molecule has 3 heteroatoms. The topological polar surface area (TPSA) is 14.2 Å². The molecule has 0 amide bonds. The molecule has 3 aromatic rings. The number of halogens is 1. The van der Waals surface area contributed by atoms with Crippen molar-refractivity contribution in [3.05, 3.63) is 66.1 Å². The summed E-state index contributed by atoms with van der Waals surface area (Å²) in [5, 5.41) is 1.02. The van der Waals surface area contributed by atoms with Gasteiger partial charge in [0.15, 0.2) is 0 Å². The van der Waals surface area contributed by atoms with Gasteiger partial charge in [-0.3, -0.25) is 0 Å². The van der Waals surface area contributed by atoms with Crippen molar-refractivity contribution in [1.82, 2.24) is 4.57 Å². The lowest BCUT2D eigenvalue weighted by atomic mass is 10.2. The summed E-state index contributed by atoms with van der Waals surface area (Å²) in [6.45, 7) is 0.469. The van der Waals surface area contributed by atoms with E-state index < -0.39 is 0 Å². The second-order valence-electron chi connectivity index (χ2n) is 4.50. The summed E-state index contributed by atoms with van der Waals surface area (Å²) < 4.78 is 20.9. The van der Waals surface area contributed by atoms with E-state index in [2.05, 4.69) is 0 Å². The number of rotatable bonds is 3. The highest BCUT2D eigenvalue weighted by molar-refractivity contribution is 5.81. The van der Waals surface area contributed by atoms with E-state index in [1.165, 1.54) is 6.07 Å². The van der Waals surface area contributed by atoms with Gasteiger partial charge in [-0.05, 0) is 36.4 Å². The van der Waals surface area contributed by atoms with Crippen LogP contribution in [0.2, 0.25) is 0 Å². The minimum absolute atomic E-state index is 0.218. The number of para-hydroxylation sites is 1. The summed E-state index contributed by atoms with van der Waals surface area (Å²) in [4.78, 5) is 0. The van der Waals surface area contributed by atoms with Crippen LogP contribution in [0.25, 0.3) is 10.9 Å². The van der Waals surface area contributed by atoms with E-state index in [4.69, 9.17) is 4.74 Å². The van der Waals surface area contributed by atoms with Crippen molar-refractivity contribution in [2.75, 3.05) is 0 Å². The number of ether oxygens (including phenoxy) is 1. The lowest BCUT2D eigenvalue weighted by molar-refractivity contribution is 0.298. The number of hydrogen-bond acceptors (Lipinski definition) is 1. The summed E-state index contributed by atoms with van der Waals surface area (Å²) in [6, 6.07) is 16.5. The van der Waals surface area contributed by atoms with Crippen molar-refractivity contribution in [3.63, 3.8) is 0 Å². The van der Waals surface area contributed by atoms with Gasteiger partial charge in [0.25, 0.3) is 0 Å². The van der Waals surface area contributed by atoms with Gasteiger partial charge in [-0.25, -0.2) is 4.39 Å². The van der Waals surface area contributed by atoms with Crippen LogP contribution >= 0.6 is 0 Å². The van der Waals surface area contributed by atoms with Gasteiger partial charge in [0, 0.05) is 12.4 Å². The van der Waals surface area contributed by atoms with E-state index >= 15 is 0 Å². The number of hydrogen-bond donors (Lipinski definition) is 0. The Bertz CT molecular complexity index is 703. The van der Waals surface area contributed by atoms with Crippen LogP contribution in [0.3, 0.4) is 0 Å². The van der Waals surface area contributed by atoms with Crippen LogP contribution in [0.1, 0.15) is 5.69 Å². The summed E-state index contributed by atoms with van der Waals surface area (Å²) >= 11 is 0. The molecule has 1 aromatic heterocycles. The smallest absolute Gasteiger partial charge is 0.128 e. The highest BCUT2D eigenvalue weighted by Crippen LogP contribution is 2.21. The molecule has 2 nitrogen and oxygen atoms in total. The molecule has 0 radical (unpaired) electrons. The summed E-state index contributed by atoms with van der Waals surface area (Å²) in [5.41, 5.74) is 1.90. The molecule has 0 aliphatic rings. The minimum Gasteiger partial charge on any atom is -0.487 e. The third-order valence-corrected chi connectivity index (χ3v) is 3.24. The summed E-state index contributed by atoms with van der Waals surface area (Å²) in [7, 11) is 1.92. The van der Waals surface area contributed by atoms with Gasteiger partial charge in [0.05, 0.1) is 11.2 Å². The van der Waals surface area contributed by atoms with E-state index in [9.17, 15) is 4.39 Å². The normalized spacial score (nSPS) is 10.8. The number of benzene rings is 2. The van der Waals surface area contributed by atoms with Gasteiger partial charge in [-0.1, -0.05) is 18.2 Å². The Balaban J connectivity index is 1.87. The predicted octanol–water partition coefficient (Wildman–Crippen LogP) is 3.90. The average molecular weight is 255 g/mol. The van der Waals surface area contributed by atoms with Crippen LogP contribution < -0.4 is 4.74 Å². The fourth-order valence-corrected chi connectivity index (χ4v) is 2.17. The number of aryl methyl sites for hydroxylation is 1. The van der Waals surface area contributed by atoms with Gasteiger partial charge >= 0.3 is 0 Å². The maximum Gasteiger partial charge on any atom is 0.128 e. The van der Waals surface area contributed by atoms with Crippen molar-refractivity contribution in [1.29, 1.82) is 0 Å². The number of aromatic nitrogens is 1. The van der Waals surface area contributed by atoms with Gasteiger partial charge in [-0.2, -0.15) is 0 Å². The van der Waals surface area contributed by atoms with Gasteiger partial charge in [-0.15, -0.1) is 0 Å². The first-order chi connectivity index (χ1) is 9.24. The first-order valence-electron chi connectivity index (χ1n) is 6.16. The summed E-state index contributed by atoms with van der Waals surface area (Å²) in [5.74, 6) is 0.614. The van der Waals surface area contributed by atoms with Gasteiger partial charge in [0.1, 0.15) is 18.2 Å². The molecule has 0 fully saturated rings. The Morgan fingerprint density at radius 3 is 2.63 bits per heavy atom. The van der Waals surface area contributed by atoms with Crippen LogP contribution in [0.4, 0.5) is 4.39 Å². The average Bonchev–Trinajstić information content (AvgIpc) is 2.74. The fraction of sp³-hybridized carbons (Fsp3) is 0.125. The Hall–Kier alpha value is -2.29. The van der Waals surface area contributed by atoms with Gasteiger partial charge < -0.3 is 9.30 Å². The molecule has 1 heterocycles. The lowest BCUT2D eigenvalue weighted by Crippen LogP contribution is -2.01. The molecule has 0 aliphatic heterocycles. The molecule has 0 atom stereocenters. The first-order valence-corrected chi connectivity index (χ1v) is 6.16. The van der Waals surface area contributed by atoms with E-state index in [1.807, 2.05) is 48.0 Å². The maximum absolute atomic E-state index is 13.2. The van der Waals surface area contributed by atoms with Crippen LogP contribution in [-0.2, 0) is 13.7 Å². The Kier molecular flexibility index (Phi) is 2.95. The second kappa shape index (κ2) is 4.76. The molecule has 0 N–H and O–H groups in total. The highest BCUT2D eigenvalue weighted by Gasteiger charge is 2.07. The van der Waals surface area contributed by atoms with Crippen molar-refractivity contribution >= 4 is 10.9 Å². The molecular weight excluding hydrogens is 241 g/mol. The van der Waals surface area contributed by atoms with E-state index in [-0.39, 0.29) is 5.82 Å². The molecular formula is C16H14FNO. The maximum atomic E-state index is 13.2. The van der Waals surface area contributed by atoms with E-state index in [0.29, 0.717) is 6.61 Å². The van der Waals surface area contributed by atoms with Crippen molar-refractivity contribution < 1.29 is 9.13 Å². The van der Waals surface area contributed by atoms with Gasteiger partial charge in [0.2, 0.25) is 0 Å². The Labute approximate surface area is 111 Å². The molecule has 0 saturated heterocycles. The third-order valence-electron chi connectivity index (χ3n) is 3.24. The molecule has 0 bridgehead atoms. The minimum atomic E-state index is -0.218. The fourth-order valence-electron chi connectivity index (χ4n) is 2.17. The second-order valence-corrected chi connectivity index (χ2v) is 4.50. The van der Waals surface area contributed by atoms with Crippen LogP contribution in [0, 0.1) is 5.82 Å². The SMILES string of the molecule is Cn1c(COc2ccccc2)cc2ccc(F)cc21. The van der Waals surface area contributed by atoms with E-state index in [1.54, 1.807) is 12.1 Å². The zero-order valence-electron chi connectivity index (χ0n) is 10.6. The molecule has 0 unspecified atom stereocenters. The Morgan fingerprint density at radius 2 is 1.84 bits per heavy atom. The zero-order valence-corrected chi connectivity index (χ0v) is 10.6. The van der Waals surface area contributed by atoms with Crippen molar-refractivity contribution in [2.24, 2.45) is 7.05 Å².